The summed E-state index contributed by atoms with van der Waals surface area (Å²) in [6.45, 7) is 6.99. The van der Waals surface area contributed by atoms with Gasteiger partial charge in [0.05, 0.1) is 0 Å². The number of hydrogen-bond acceptors (Lipinski definition) is 3. The number of aliphatic hydroxyl groups excluding tert-OH is 1. The molecule has 0 aliphatic carbocycles. The number of alkyl halides is 2. The van der Waals surface area contributed by atoms with Crippen LogP contribution in [0.1, 0.15) is 44.9 Å². The molecular formula is C14H21F2NOS. The molecule has 1 atom stereocenters. The smallest absolute Gasteiger partial charge is 0.295 e. The second-order valence-electron chi connectivity index (χ2n) is 5.54. The predicted molar refractivity (Wildman–Crippen MR) is 76.3 cm³/mol. The van der Waals surface area contributed by atoms with Gasteiger partial charge in [-0.25, -0.2) is 0 Å². The summed E-state index contributed by atoms with van der Waals surface area (Å²) in [5.41, 5.74) is 0.629. The van der Waals surface area contributed by atoms with Crippen LogP contribution in [-0.2, 0) is 5.92 Å². The molecule has 0 fully saturated rings. The zero-order valence-electron chi connectivity index (χ0n) is 11.7. The fourth-order valence-corrected chi connectivity index (χ4v) is 2.13. The third-order valence-corrected chi connectivity index (χ3v) is 3.63. The average molecular weight is 289 g/mol. The minimum absolute atomic E-state index is 0.0429. The first kappa shape index (κ1) is 16.4. The molecule has 0 radical (unpaired) electrons. The molecule has 2 nitrogen and oxygen atoms in total. The largest absolute Gasteiger partial charge is 0.390 e. The lowest BCUT2D eigenvalue weighted by Crippen LogP contribution is -2.21. The van der Waals surface area contributed by atoms with Gasteiger partial charge in [-0.2, -0.15) is 8.78 Å². The van der Waals surface area contributed by atoms with Crippen molar-refractivity contribution in [3.05, 3.63) is 35.4 Å². The summed E-state index contributed by atoms with van der Waals surface area (Å²) in [4.78, 5) is 0. The first-order valence-electron chi connectivity index (χ1n) is 6.18. The van der Waals surface area contributed by atoms with Gasteiger partial charge in [0.2, 0.25) is 0 Å². The van der Waals surface area contributed by atoms with Gasteiger partial charge >= 0.3 is 0 Å². The maximum absolute atomic E-state index is 13.4. The van der Waals surface area contributed by atoms with Gasteiger partial charge in [0.1, 0.15) is 6.61 Å². The Balaban J connectivity index is 2.82. The van der Waals surface area contributed by atoms with Crippen molar-refractivity contribution in [2.24, 2.45) is 0 Å². The van der Waals surface area contributed by atoms with Gasteiger partial charge in [-0.3, -0.25) is 4.72 Å². The van der Waals surface area contributed by atoms with Gasteiger partial charge in [0.25, 0.3) is 5.92 Å². The summed E-state index contributed by atoms with van der Waals surface area (Å²) >= 11 is 1.57. The van der Waals surface area contributed by atoms with Crippen molar-refractivity contribution in [3.63, 3.8) is 0 Å². The van der Waals surface area contributed by atoms with Crippen LogP contribution in [0.4, 0.5) is 8.78 Å². The summed E-state index contributed by atoms with van der Waals surface area (Å²) in [6, 6.07) is 6.13. The van der Waals surface area contributed by atoms with Gasteiger partial charge in [-0.15, -0.1) is 0 Å². The second kappa shape index (κ2) is 6.20. The van der Waals surface area contributed by atoms with Crippen molar-refractivity contribution in [2.75, 3.05) is 6.61 Å². The first-order valence-corrected chi connectivity index (χ1v) is 7.00. The van der Waals surface area contributed by atoms with Crippen LogP contribution in [0.25, 0.3) is 0 Å². The molecule has 1 aromatic carbocycles. The molecule has 0 aliphatic rings. The van der Waals surface area contributed by atoms with E-state index >= 15 is 0 Å². The van der Waals surface area contributed by atoms with Crippen LogP contribution in [0.5, 0.6) is 0 Å². The highest BCUT2D eigenvalue weighted by Crippen LogP contribution is 2.30. The monoisotopic (exact) mass is 289 g/mol. The Labute approximate surface area is 117 Å². The zero-order chi connectivity index (χ0) is 14.7. The highest BCUT2D eigenvalue weighted by Gasteiger charge is 2.30. The highest BCUT2D eigenvalue weighted by molar-refractivity contribution is 7.98. The summed E-state index contributed by atoms with van der Waals surface area (Å²) < 4.78 is 30.2. The Hall–Kier alpha value is -0.650. The van der Waals surface area contributed by atoms with E-state index in [1.165, 1.54) is 12.1 Å². The average Bonchev–Trinajstić information content (AvgIpc) is 2.35. The van der Waals surface area contributed by atoms with E-state index in [9.17, 15) is 8.78 Å². The van der Waals surface area contributed by atoms with Crippen LogP contribution in [-0.4, -0.2) is 16.5 Å². The lowest BCUT2D eigenvalue weighted by Gasteiger charge is -2.23. The maximum atomic E-state index is 13.4. The molecule has 2 N–H and O–H groups in total. The molecule has 19 heavy (non-hydrogen) atoms. The van der Waals surface area contributed by atoms with Gasteiger partial charge in [-0.05, 0) is 39.3 Å². The molecule has 0 amide bonds. The Morgan fingerprint density at radius 1 is 1.32 bits per heavy atom. The predicted octanol–water partition coefficient (Wildman–Crippen LogP) is 3.87. The standard InChI is InChI=1S/C14H21F2NOS/c1-10(17-19-13(2,3)4)11-6-5-7-12(8-11)14(15,16)9-18/h5-8,10,17-18H,9H2,1-4H3. The molecular weight excluding hydrogens is 268 g/mol. The Kier molecular flexibility index (Phi) is 5.35. The quantitative estimate of drug-likeness (QED) is 0.807. The molecule has 0 heterocycles. The Morgan fingerprint density at radius 2 is 1.95 bits per heavy atom. The van der Waals surface area contributed by atoms with E-state index in [1.807, 2.05) is 6.92 Å². The molecule has 1 unspecified atom stereocenters. The fourth-order valence-electron chi connectivity index (χ4n) is 1.46. The summed E-state index contributed by atoms with van der Waals surface area (Å²) in [5.74, 6) is -3.19. The number of nitrogens with one attached hydrogen (secondary N) is 1. The van der Waals surface area contributed by atoms with Gasteiger partial charge in [-0.1, -0.05) is 30.1 Å². The van der Waals surface area contributed by atoms with Crippen molar-refractivity contribution in [2.45, 2.75) is 44.4 Å². The first-order chi connectivity index (χ1) is 8.65. The van der Waals surface area contributed by atoms with Crippen LogP contribution >= 0.6 is 11.9 Å². The maximum Gasteiger partial charge on any atom is 0.295 e. The molecule has 0 aromatic heterocycles. The number of rotatable bonds is 5. The third-order valence-electron chi connectivity index (χ3n) is 2.55. The van der Waals surface area contributed by atoms with Crippen molar-refractivity contribution >= 4 is 11.9 Å². The van der Waals surface area contributed by atoms with Gasteiger partial charge in [0, 0.05) is 16.4 Å². The lowest BCUT2D eigenvalue weighted by molar-refractivity contribution is -0.0556. The minimum Gasteiger partial charge on any atom is -0.390 e. The van der Waals surface area contributed by atoms with Crippen LogP contribution in [0.3, 0.4) is 0 Å². The molecule has 5 heteroatoms. The van der Waals surface area contributed by atoms with E-state index in [0.29, 0.717) is 0 Å². The van der Waals surface area contributed by atoms with Crippen LogP contribution < -0.4 is 4.72 Å². The summed E-state index contributed by atoms with van der Waals surface area (Å²) in [5, 5.41) is 8.72. The molecule has 108 valence electrons. The number of halogens is 2. The van der Waals surface area contributed by atoms with E-state index in [-0.39, 0.29) is 16.4 Å². The van der Waals surface area contributed by atoms with E-state index in [1.54, 1.807) is 24.1 Å². The number of hydrogen-bond donors (Lipinski definition) is 2. The molecule has 1 rings (SSSR count). The van der Waals surface area contributed by atoms with Crippen molar-refractivity contribution < 1.29 is 13.9 Å². The molecule has 0 saturated carbocycles. The van der Waals surface area contributed by atoms with Crippen LogP contribution in [0.2, 0.25) is 0 Å². The SMILES string of the molecule is CC(NSC(C)(C)C)c1cccc(C(F)(F)CO)c1. The number of benzene rings is 1. The minimum atomic E-state index is -3.19. The van der Waals surface area contributed by atoms with E-state index < -0.39 is 12.5 Å². The molecule has 0 aliphatic heterocycles. The van der Waals surface area contributed by atoms with Gasteiger partial charge < -0.3 is 5.11 Å². The molecule has 0 spiro atoms. The summed E-state index contributed by atoms with van der Waals surface area (Å²) in [6.07, 6.45) is 0. The van der Waals surface area contributed by atoms with Crippen molar-refractivity contribution in [3.8, 4) is 0 Å². The molecule has 0 bridgehead atoms. The Morgan fingerprint density at radius 3 is 2.47 bits per heavy atom. The van der Waals surface area contributed by atoms with Crippen LogP contribution in [0, 0.1) is 0 Å². The lowest BCUT2D eigenvalue weighted by atomic mass is 10.0. The molecule has 1 aromatic rings. The van der Waals surface area contributed by atoms with E-state index in [4.69, 9.17) is 5.11 Å². The fraction of sp³-hybridized carbons (Fsp3) is 0.571. The molecule has 0 saturated heterocycles. The van der Waals surface area contributed by atoms with E-state index in [0.717, 1.165) is 5.56 Å². The number of aliphatic hydroxyl groups is 1. The summed E-state index contributed by atoms with van der Waals surface area (Å²) in [7, 11) is 0. The highest BCUT2D eigenvalue weighted by atomic mass is 32.2. The zero-order valence-corrected chi connectivity index (χ0v) is 12.5. The second-order valence-corrected chi connectivity index (χ2v) is 7.21. The van der Waals surface area contributed by atoms with Gasteiger partial charge in [0.15, 0.2) is 0 Å². The Bertz CT molecular complexity index is 418. The normalized spacial score (nSPS) is 14.5. The van der Waals surface area contributed by atoms with Crippen molar-refractivity contribution in [1.29, 1.82) is 0 Å². The van der Waals surface area contributed by atoms with Crippen molar-refractivity contribution in [1.82, 2.24) is 4.72 Å². The van der Waals surface area contributed by atoms with E-state index in [2.05, 4.69) is 25.5 Å². The third kappa shape index (κ3) is 5.09. The topological polar surface area (TPSA) is 32.3 Å². The van der Waals surface area contributed by atoms with Crippen LogP contribution in [0.15, 0.2) is 24.3 Å².